The number of benzene rings is 3. The number of nitrogens with one attached hydrogen (secondary N) is 2. The van der Waals surface area contributed by atoms with Crippen molar-refractivity contribution in [2.75, 3.05) is 23.8 Å². The van der Waals surface area contributed by atoms with Gasteiger partial charge < -0.3 is 20.1 Å². The summed E-state index contributed by atoms with van der Waals surface area (Å²) in [7, 11) is 0. The van der Waals surface area contributed by atoms with Gasteiger partial charge in [-0.15, -0.1) is 0 Å². The van der Waals surface area contributed by atoms with Crippen LogP contribution in [0.4, 0.5) is 11.4 Å². The van der Waals surface area contributed by atoms with E-state index in [2.05, 4.69) is 10.6 Å². The van der Waals surface area contributed by atoms with Crippen molar-refractivity contribution in [2.45, 2.75) is 6.92 Å². The molecule has 7 heteroatoms. The van der Waals surface area contributed by atoms with Crippen LogP contribution < -0.4 is 20.1 Å². The standard InChI is InChI=1S/C24H21N3O4/c1-2-30-19-13-11-18(12-14-19)26-24(29)20-8-4-5-9-21(20)27-23(28)16-31-22-10-6-3-7-17(22)15-25/h3-14H,2,16H2,1H3,(H,26,29)(H,27,28). The molecule has 31 heavy (non-hydrogen) atoms. The zero-order chi connectivity index (χ0) is 22.1. The molecule has 0 atom stereocenters. The first-order valence-corrected chi connectivity index (χ1v) is 9.65. The van der Waals surface area contributed by atoms with Gasteiger partial charge in [0.1, 0.15) is 17.6 Å². The Hall–Kier alpha value is -4.31. The van der Waals surface area contributed by atoms with Crippen molar-refractivity contribution < 1.29 is 19.1 Å². The Bertz CT molecular complexity index is 1100. The number of carbonyl (C=O) groups is 2. The fraction of sp³-hybridized carbons (Fsp3) is 0.125. The van der Waals surface area contributed by atoms with Gasteiger partial charge in [-0.05, 0) is 55.5 Å². The van der Waals surface area contributed by atoms with Crippen molar-refractivity contribution >= 4 is 23.2 Å². The second kappa shape index (κ2) is 10.5. The van der Waals surface area contributed by atoms with Gasteiger partial charge in [-0.2, -0.15) is 5.26 Å². The van der Waals surface area contributed by atoms with Gasteiger partial charge in [-0.25, -0.2) is 0 Å². The molecule has 0 heterocycles. The number of carbonyl (C=O) groups excluding carboxylic acids is 2. The van der Waals surface area contributed by atoms with Crippen LogP contribution in [0.3, 0.4) is 0 Å². The van der Waals surface area contributed by atoms with Crippen LogP contribution in [0.1, 0.15) is 22.8 Å². The van der Waals surface area contributed by atoms with Gasteiger partial charge in [0.05, 0.1) is 23.4 Å². The number of nitriles is 1. The van der Waals surface area contributed by atoms with Crippen LogP contribution in [0.2, 0.25) is 0 Å². The van der Waals surface area contributed by atoms with Crippen molar-refractivity contribution in [2.24, 2.45) is 0 Å². The van der Waals surface area contributed by atoms with Crippen LogP contribution in [0.15, 0.2) is 72.8 Å². The summed E-state index contributed by atoms with van der Waals surface area (Å²) >= 11 is 0. The maximum atomic E-state index is 12.7. The summed E-state index contributed by atoms with van der Waals surface area (Å²) in [4.78, 5) is 25.1. The van der Waals surface area contributed by atoms with Crippen LogP contribution in [-0.4, -0.2) is 25.0 Å². The molecule has 156 valence electrons. The topological polar surface area (TPSA) is 100 Å². The number of hydrogen-bond acceptors (Lipinski definition) is 5. The largest absolute Gasteiger partial charge is 0.494 e. The van der Waals surface area contributed by atoms with Gasteiger partial charge in [-0.3, -0.25) is 9.59 Å². The fourth-order valence-electron chi connectivity index (χ4n) is 2.80. The highest BCUT2D eigenvalue weighted by Gasteiger charge is 2.14. The summed E-state index contributed by atoms with van der Waals surface area (Å²) < 4.78 is 10.8. The smallest absolute Gasteiger partial charge is 0.262 e. The number of rotatable bonds is 8. The number of hydrogen-bond donors (Lipinski definition) is 2. The summed E-state index contributed by atoms with van der Waals surface area (Å²) in [5, 5.41) is 14.6. The number of para-hydroxylation sites is 2. The van der Waals surface area contributed by atoms with Gasteiger partial charge in [-0.1, -0.05) is 24.3 Å². The molecule has 3 aromatic carbocycles. The molecule has 0 fully saturated rings. The molecule has 0 saturated heterocycles. The molecule has 2 N–H and O–H groups in total. The quantitative estimate of drug-likeness (QED) is 0.574. The summed E-state index contributed by atoms with van der Waals surface area (Å²) in [5.74, 6) is 0.220. The molecule has 0 aliphatic heterocycles. The average Bonchev–Trinajstić information content (AvgIpc) is 2.79. The van der Waals surface area contributed by atoms with E-state index in [1.165, 1.54) is 0 Å². The molecular weight excluding hydrogens is 394 g/mol. The average molecular weight is 415 g/mol. The summed E-state index contributed by atoms with van der Waals surface area (Å²) in [6.45, 7) is 2.16. The van der Waals surface area contributed by atoms with Crippen molar-refractivity contribution in [1.29, 1.82) is 5.26 Å². The molecule has 3 aromatic rings. The van der Waals surface area contributed by atoms with Crippen molar-refractivity contribution in [3.05, 3.63) is 83.9 Å². The normalized spacial score (nSPS) is 9.94. The van der Waals surface area contributed by atoms with E-state index in [-0.39, 0.29) is 12.5 Å². The lowest BCUT2D eigenvalue weighted by atomic mass is 10.1. The molecule has 0 radical (unpaired) electrons. The highest BCUT2D eigenvalue weighted by Crippen LogP contribution is 2.20. The van der Waals surface area contributed by atoms with E-state index in [0.29, 0.717) is 40.6 Å². The van der Waals surface area contributed by atoms with E-state index in [4.69, 9.17) is 14.7 Å². The van der Waals surface area contributed by atoms with Gasteiger partial charge in [0.25, 0.3) is 11.8 Å². The zero-order valence-corrected chi connectivity index (χ0v) is 16.9. The lowest BCUT2D eigenvalue weighted by Crippen LogP contribution is -2.23. The van der Waals surface area contributed by atoms with E-state index >= 15 is 0 Å². The summed E-state index contributed by atoms with van der Waals surface area (Å²) in [6, 6.07) is 22.4. The third-order valence-electron chi connectivity index (χ3n) is 4.24. The predicted molar refractivity (Wildman–Crippen MR) is 117 cm³/mol. The zero-order valence-electron chi connectivity index (χ0n) is 16.9. The van der Waals surface area contributed by atoms with Crippen LogP contribution in [0.5, 0.6) is 11.5 Å². The first-order valence-electron chi connectivity index (χ1n) is 9.65. The van der Waals surface area contributed by atoms with Crippen molar-refractivity contribution in [1.82, 2.24) is 0 Å². The number of amides is 2. The monoisotopic (exact) mass is 415 g/mol. The molecule has 0 bridgehead atoms. The Morgan fingerprint density at radius 3 is 2.35 bits per heavy atom. The molecule has 0 saturated carbocycles. The number of anilines is 2. The van der Waals surface area contributed by atoms with Crippen LogP contribution in [0, 0.1) is 11.3 Å². The van der Waals surface area contributed by atoms with Crippen LogP contribution >= 0.6 is 0 Å². The van der Waals surface area contributed by atoms with E-state index in [1.54, 1.807) is 72.8 Å². The molecule has 7 nitrogen and oxygen atoms in total. The molecular formula is C24H21N3O4. The molecule has 2 amide bonds. The van der Waals surface area contributed by atoms with E-state index in [1.807, 2.05) is 13.0 Å². The lowest BCUT2D eigenvalue weighted by Gasteiger charge is -2.12. The lowest BCUT2D eigenvalue weighted by molar-refractivity contribution is -0.118. The summed E-state index contributed by atoms with van der Waals surface area (Å²) in [5.41, 5.74) is 1.60. The molecule has 3 rings (SSSR count). The SMILES string of the molecule is CCOc1ccc(NC(=O)c2ccccc2NC(=O)COc2ccccc2C#N)cc1. The summed E-state index contributed by atoms with van der Waals surface area (Å²) in [6.07, 6.45) is 0. The molecule has 0 unspecified atom stereocenters. The molecule has 0 spiro atoms. The second-order valence-corrected chi connectivity index (χ2v) is 6.40. The third-order valence-corrected chi connectivity index (χ3v) is 4.24. The van der Waals surface area contributed by atoms with Gasteiger partial charge in [0.15, 0.2) is 6.61 Å². The van der Waals surface area contributed by atoms with E-state index in [0.717, 1.165) is 0 Å². The maximum absolute atomic E-state index is 12.7. The maximum Gasteiger partial charge on any atom is 0.262 e. The minimum Gasteiger partial charge on any atom is -0.494 e. The second-order valence-electron chi connectivity index (χ2n) is 6.40. The van der Waals surface area contributed by atoms with E-state index in [9.17, 15) is 9.59 Å². The highest BCUT2D eigenvalue weighted by molar-refractivity contribution is 6.10. The predicted octanol–water partition coefficient (Wildman–Crippen LogP) is 4.23. The van der Waals surface area contributed by atoms with Gasteiger partial charge in [0.2, 0.25) is 0 Å². The Balaban J connectivity index is 1.64. The minimum atomic E-state index is -0.450. The molecule has 0 aromatic heterocycles. The van der Waals surface area contributed by atoms with Crippen LogP contribution in [-0.2, 0) is 4.79 Å². The van der Waals surface area contributed by atoms with Crippen molar-refractivity contribution in [3.63, 3.8) is 0 Å². The van der Waals surface area contributed by atoms with Gasteiger partial charge in [0, 0.05) is 5.69 Å². The number of nitrogens with zero attached hydrogens (tertiary/aromatic N) is 1. The van der Waals surface area contributed by atoms with Crippen LogP contribution in [0.25, 0.3) is 0 Å². The Morgan fingerprint density at radius 2 is 1.61 bits per heavy atom. The van der Waals surface area contributed by atoms with Gasteiger partial charge >= 0.3 is 0 Å². The van der Waals surface area contributed by atoms with E-state index < -0.39 is 5.91 Å². The Morgan fingerprint density at radius 1 is 0.903 bits per heavy atom. The number of ether oxygens (including phenoxy) is 2. The minimum absolute atomic E-state index is 0.298. The Kier molecular flexibility index (Phi) is 7.22. The van der Waals surface area contributed by atoms with Crippen molar-refractivity contribution in [3.8, 4) is 17.6 Å². The molecule has 0 aliphatic rings. The third kappa shape index (κ3) is 5.84. The first-order chi connectivity index (χ1) is 15.1. The Labute approximate surface area is 180 Å². The molecule has 0 aliphatic carbocycles. The first kappa shape index (κ1) is 21.4. The highest BCUT2D eigenvalue weighted by atomic mass is 16.5. The fourth-order valence-corrected chi connectivity index (χ4v) is 2.80.